The fraction of sp³-hybridized carbons (Fsp3) is 0.0260. The molecule has 0 aliphatic heterocycles. The maximum Gasteiger partial charge on any atom is 0.193 e. The second-order valence-corrected chi connectivity index (χ2v) is 20.8. The van der Waals surface area contributed by atoms with Crippen LogP contribution in [0, 0.1) is 0 Å². The van der Waals surface area contributed by atoms with Crippen molar-refractivity contribution >= 4 is 111 Å². The molecule has 0 saturated heterocycles. The highest BCUT2D eigenvalue weighted by Crippen LogP contribution is 2.48. The predicted molar refractivity (Wildman–Crippen MR) is 345 cm³/mol. The van der Waals surface area contributed by atoms with Crippen molar-refractivity contribution in [2.75, 3.05) is 19.6 Å². The first kappa shape index (κ1) is 49.5. The van der Waals surface area contributed by atoms with Gasteiger partial charge < -0.3 is 19.6 Å². The average molecular weight is 1050 g/mol. The lowest BCUT2D eigenvalue weighted by Crippen LogP contribution is -2.20. The first-order chi connectivity index (χ1) is 40.6. The molecule has 0 unspecified atom stereocenters. The molecule has 14 rings (SSSR count). The molecule has 0 amide bonds. The minimum absolute atomic E-state index is 0.121. The summed E-state index contributed by atoms with van der Waals surface area (Å²) in [7, 11) is 0. The van der Waals surface area contributed by atoms with Gasteiger partial charge in [0.25, 0.3) is 0 Å². The third-order valence-electron chi connectivity index (χ3n) is 15.7. The number of para-hydroxylation sites is 3. The van der Waals surface area contributed by atoms with E-state index in [1.807, 2.05) is 0 Å². The lowest BCUT2D eigenvalue weighted by atomic mass is 9.97. The van der Waals surface area contributed by atoms with Crippen LogP contribution >= 0.6 is 0 Å². The van der Waals surface area contributed by atoms with Crippen LogP contribution in [-0.4, -0.2) is 5.78 Å². The molecule has 0 bridgehead atoms. The minimum Gasteiger partial charge on any atom is -0.313 e. The van der Waals surface area contributed by atoms with Gasteiger partial charge in [-0.15, -0.1) is 0 Å². The molecular formula is C77H56N4O. The van der Waals surface area contributed by atoms with E-state index in [-0.39, 0.29) is 5.78 Å². The third kappa shape index (κ3) is 9.40. The van der Waals surface area contributed by atoms with E-state index >= 15 is 4.79 Å². The van der Waals surface area contributed by atoms with Crippen LogP contribution in [-0.2, 0) is 0 Å². The number of allylic oxidation sites excluding steroid dienone is 4. The zero-order chi connectivity index (χ0) is 54.8. The Morgan fingerprint density at radius 2 is 0.573 bits per heavy atom. The first-order valence-corrected chi connectivity index (χ1v) is 28.1. The molecule has 0 saturated carbocycles. The van der Waals surface area contributed by atoms with E-state index in [0.29, 0.717) is 11.1 Å². The number of carbonyl (C=O) groups is 1. The van der Waals surface area contributed by atoms with Crippen LogP contribution in [0.4, 0.5) is 62.6 Å². The zero-order valence-electron chi connectivity index (χ0n) is 45.1. The molecule has 0 radical (unpaired) electrons. The van der Waals surface area contributed by atoms with Crippen LogP contribution in [0.3, 0.4) is 0 Å². The van der Waals surface area contributed by atoms with Gasteiger partial charge in [0.2, 0.25) is 0 Å². The Hall–Kier alpha value is -10.8. The van der Waals surface area contributed by atoms with Crippen LogP contribution in [0.5, 0.6) is 0 Å². The highest BCUT2D eigenvalue weighted by atomic mass is 16.1. The second-order valence-electron chi connectivity index (χ2n) is 20.8. The summed E-state index contributed by atoms with van der Waals surface area (Å²) in [5.74, 6) is -0.121. The van der Waals surface area contributed by atoms with Crippen LogP contribution in [0.15, 0.2) is 321 Å². The third-order valence-corrected chi connectivity index (χ3v) is 15.7. The summed E-state index contributed by atoms with van der Waals surface area (Å²) in [5, 5.41) is 8.90. The Labute approximate surface area is 478 Å². The topological polar surface area (TPSA) is 30.0 Å². The lowest BCUT2D eigenvalue weighted by molar-refractivity contribution is 0.103. The molecular weight excluding hydrogens is 997 g/mol. The summed E-state index contributed by atoms with van der Waals surface area (Å²) < 4.78 is 0. The van der Waals surface area contributed by atoms with Gasteiger partial charge in [-0.1, -0.05) is 212 Å². The van der Waals surface area contributed by atoms with Crippen LogP contribution in [0.1, 0.15) is 28.8 Å². The molecule has 1 aliphatic rings. The van der Waals surface area contributed by atoms with Gasteiger partial charge >= 0.3 is 0 Å². The largest absolute Gasteiger partial charge is 0.313 e. The van der Waals surface area contributed by atoms with Gasteiger partial charge in [0.05, 0.1) is 22.7 Å². The van der Waals surface area contributed by atoms with Gasteiger partial charge in [0, 0.05) is 78.2 Å². The van der Waals surface area contributed by atoms with E-state index in [0.717, 1.165) is 124 Å². The van der Waals surface area contributed by atoms with Crippen molar-refractivity contribution in [3.8, 4) is 0 Å². The number of hydrogen-bond donors (Lipinski definition) is 0. The number of anilines is 11. The monoisotopic (exact) mass is 1050 g/mol. The van der Waals surface area contributed by atoms with Crippen LogP contribution < -0.4 is 19.6 Å². The first-order valence-electron chi connectivity index (χ1n) is 28.1. The number of fused-ring (bicyclic) bond motifs is 4. The highest BCUT2D eigenvalue weighted by Gasteiger charge is 2.27. The van der Waals surface area contributed by atoms with Crippen molar-refractivity contribution in [2.45, 2.75) is 12.8 Å². The van der Waals surface area contributed by atoms with Gasteiger partial charge in [-0.25, -0.2) is 0 Å². The van der Waals surface area contributed by atoms with E-state index in [1.165, 1.54) is 0 Å². The van der Waals surface area contributed by atoms with E-state index in [9.17, 15) is 0 Å². The Morgan fingerprint density at radius 1 is 0.280 bits per heavy atom. The molecule has 390 valence electrons. The summed E-state index contributed by atoms with van der Waals surface area (Å²) in [6.07, 6.45) is 8.33. The Balaban J connectivity index is 1.06. The standard InChI is InChI=1S/C77H56N4O/c82-77(59-49-65(78(61-33-5-1-6-34-61)73-45-21-29-55-25-13-17-41-69(55)73)53-66(50-59)79(62-35-7-2-8-36-62)74-46-22-30-56-26-14-18-42-70(56)74)60-51-67(80(63-37-9-3-10-38-63)75-47-23-31-57-27-15-19-43-71(57)75)54-68(52-60)81(64-39-11-4-12-40-64)76-48-24-32-58-28-16-20-44-72(58)76/h1-11,13-39,41-54H,12,40H2. The summed E-state index contributed by atoms with van der Waals surface area (Å²) in [6, 6.07) is 105. The maximum absolute atomic E-state index is 16.8. The molecule has 0 heterocycles. The second kappa shape index (κ2) is 21.8. The molecule has 5 nitrogen and oxygen atoms in total. The summed E-state index contributed by atoms with van der Waals surface area (Å²) >= 11 is 0. The lowest BCUT2D eigenvalue weighted by Gasteiger charge is -2.33. The van der Waals surface area contributed by atoms with E-state index in [4.69, 9.17) is 0 Å². The summed E-state index contributed by atoms with van der Waals surface area (Å²) in [6.45, 7) is 0. The van der Waals surface area contributed by atoms with Crippen molar-refractivity contribution in [1.82, 2.24) is 0 Å². The normalized spacial score (nSPS) is 12.1. The van der Waals surface area contributed by atoms with Crippen molar-refractivity contribution in [1.29, 1.82) is 0 Å². The SMILES string of the molecule is O=C(c1cc(N(C2=CC=CCC2)c2cccc3ccccc23)cc(N(c2ccccc2)c2cccc3ccccc23)c1)c1cc(N(c2ccccc2)c2cccc3ccccc23)cc(N(c2ccccc2)c2cccc3ccccc23)c1. The summed E-state index contributed by atoms with van der Waals surface area (Å²) in [5.41, 5.74) is 12.5. The van der Waals surface area contributed by atoms with Crippen LogP contribution in [0.25, 0.3) is 43.1 Å². The van der Waals surface area contributed by atoms with Crippen molar-refractivity contribution < 1.29 is 4.79 Å². The van der Waals surface area contributed by atoms with Crippen LogP contribution in [0.2, 0.25) is 0 Å². The van der Waals surface area contributed by atoms with Crippen molar-refractivity contribution in [2.24, 2.45) is 0 Å². The number of hydrogen-bond acceptors (Lipinski definition) is 5. The molecule has 1 aliphatic carbocycles. The summed E-state index contributed by atoms with van der Waals surface area (Å²) in [4.78, 5) is 26.1. The molecule has 5 heteroatoms. The molecule has 13 aromatic rings. The quantitative estimate of drug-likeness (QED) is 0.101. The van der Waals surface area contributed by atoms with Crippen molar-refractivity contribution in [3.05, 3.63) is 332 Å². The van der Waals surface area contributed by atoms with E-state index in [1.54, 1.807) is 0 Å². The van der Waals surface area contributed by atoms with Crippen molar-refractivity contribution in [3.63, 3.8) is 0 Å². The van der Waals surface area contributed by atoms with E-state index in [2.05, 4.69) is 335 Å². The number of carbonyl (C=O) groups excluding carboxylic acids is 1. The van der Waals surface area contributed by atoms with Gasteiger partial charge in [0.1, 0.15) is 0 Å². The molecule has 0 spiro atoms. The average Bonchev–Trinajstić information content (AvgIpc) is 3.70. The fourth-order valence-electron chi connectivity index (χ4n) is 12.0. The number of ketones is 1. The molecule has 82 heavy (non-hydrogen) atoms. The Kier molecular flexibility index (Phi) is 13.2. The molecule has 13 aromatic carbocycles. The molecule has 0 aromatic heterocycles. The van der Waals surface area contributed by atoms with E-state index < -0.39 is 0 Å². The molecule has 0 atom stereocenters. The smallest absolute Gasteiger partial charge is 0.193 e. The predicted octanol–water partition coefficient (Wildman–Crippen LogP) is 21.3. The number of nitrogens with zero attached hydrogens (tertiary/aromatic N) is 4. The fourth-order valence-corrected chi connectivity index (χ4v) is 12.0. The van der Waals surface area contributed by atoms with Gasteiger partial charge in [0.15, 0.2) is 5.78 Å². The number of benzene rings is 13. The molecule has 0 N–H and O–H groups in total. The highest BCUT2D eigenvalue weighted by molar-refractivity contribution is 6.13. The molecule has 0 fully saturated rings. The number of rotatable bonds is 14. The zero-order valence-corrected chi connectivity index (χ0v) is 45.1. The van der Waals surface area contributed by atoms with Gasteiger partial charge in [-0.2, -0.15) is 0 Å². The Morgan fingerprint density at radius 3 is 0.902 bits per heavy atom. The minimum atomic E-state index is -0.121. The van der Waals surface area contributed by atoms with Gasteiger partial charge in [-0.05, 0) is 138 Å². The maximum atomic E-state index is 16.8. The Bertz CT molecular complexity index is 4410. The van der Waals surface area contributed by atoms with Gasteiger partial charge in [-0.3, -0.25) is 4.79 Å².